The van der Waals surface area contributed by atoms with E-state index < -0.39 is 0 Å². The zero-order valence-corrected chi connectivity index (χ0v) is 10.5. The van der Waals surface area contributed by atoms with E-state index in [2.05, 4.69) is 34.5 Å². The van der Waals surface area contributed by atoms with Crippen LogP contribution in [0.15, 0.2) is 4.99 Å². The SMILES string of the molecule is CCCNC(=NCC(C)N1CCCC1)NN. The maximum absolute atomic E-state index is 5.40. The molecule has 1 rings (SSSR count). The van der Waals surface area contributed by atoms with Crippen molar-refractivity contribution in [3.8, 4) is 0 Å². The molecule has 1 unspecified atom stereocenters. The molecule has 94 valence electrons. The van der Waals surface area contributed by atoms with E-state index in [4.69, 9.17) is 5.84 Å². The first-order valence-electron chi connectivity index (χ1n) is 6.27. The van der Waals surface area contributed by atoms with Crippen molar-refractivity contribution in [2.45, 2.75) is 39.2 Å². The summed E-state index contributed by atoms with van der Waals surface area (Å²) < 4.78 is 0. The molecule has 0 bridgehead atoms. The highest BCUT2D eigenvalue weighted by atomic mass is 15.3. The number of nitrogens with zero attached hydrogens (tertiary/aromatic N) is 2. The topological polar surface area (TPSA) is 65.7 Å². The van der Waals surface area contributed by atoms with Crippen molar-refractivity contribution in [3.05, 3.63) is 0 Å². The molecule has 0 aromatic carbocycles. The summed E-state index contributed by atoms with van der Waals surface area (Å²) in [6, 6.07) is 0.509. The Morgan fingerprint density at radius 1 is 1.44 bits per heavy atom. The number of hydrazine groups is 1. The van der Waals surface area contributed by atoms with Crippen molar-refractivity contribution in [1.82, 2.24) is 15.6 Å². The third kappa shape index (κ3) is 4.37. The summed E-state index contributed by atoms with van der Waals surface area (Å²) in [5.41, 5.74) is 2.60. The summed E-state index contributed by atoms with van der Waals surface area (Å²) in [6.45, 7) is 8.48. The third-order valence-electron chi connectivity index (χ3n) is 2.96. The highest BCUT2D eigenvalue weighted by Gasteiger charge is 2.17. The van der Waals surface area contributed by atoms with Crippen LogP contribution in [0.5, 0.6) is 0 Å². The summed E-state index contributed by atoms with van der Waals surface area (Å²) in [6.07, 6.45) is 3.72. The minimum absolute atomic E-state index is 0.509. The predicted octanol–water partition coefficient (Wildman–Crippen LogP) is 0.290. The van der Waals surface area contributed by atoms with Crippen LogP contribution in [-0.4, -0.2) is 43.1 Å². The number of hydrogen-bond donors (Lipinski definition) is 3. The highest BCUT2D eigenvalue weighted by molar-refractivity contribution is 5.79. The highest BCUT2D eigenvalue weighted by Crippen LogP contribution is 2.11. The van der Waals surface area contributed by atoms with Gasteiger partial charge in [-0.2, -0.15) is 0 Å². The van der Waals surface area contributed by atoms with Crippen molar-refractivity contribution >= 4 is 5.96 Å². The lowest BCUT2D eigenvalue weighted by Crippen LogP contribution is -2.43. The zero-order chi connectivity index (χ0) is 11.8. The molecule has 5 heteroatoms. The molecule has 1 aliphatic heterocycles. The molecule has 0 radical (unpaired) electrons. The summed E-state index contributed by atoms with van der Waals surface area (Å²) >= 11 is 0. The van der Waals surface area contributed by atoms with E-state index in [9.17, 15) is 0 Å². The second-order valence-corrected chi connectivity index (χ2v) is 4.35. The summed E-state index contributed by atoms with van der Waals surface area (Å²) in [4.78, 5) is 6.94. The first-order chi connectivity index (χ1) is 7.77. The van der Waals surface area contributed by atoms with Crippen LogP contribution < -0.4 is 16.6 Å². The van der Waals surface area contributed by atoms with E-state index in [1.807, 2.05) is 0 Å². The second kappa shape index (κ2) is 7.46. The van der Waals surface area contributed by atoms with Gasteiger partial charge in [-0.25, -0.2) is 5.84 Å². The van der Waals surface area contributed by atoms with Crippen molar-refractivity contribution < 1.29 is 0 Å². The lowest BCUT2D eigenvalue weighted by molar-refractivity contribution is 0.265. The molecule has 0 saturated carbocycles. The largest absolute Gasteiger partial charge is 0.355 e. The van der Waals surface area contributed by atoms with Crippen LogP contribution >= 0.6 is 0 Å². The summed E-state index contributed by atoms with van der Waals surface area (Å²) in [5.74, 6) is 6.10. The molecule has 4 N–H and O–H groups in total. The number of nitrogens with two attached hydrogens (primary N) is 1. The van der Waals surface area contributed by atoms with Gasteiger partial charge in [0.25, 0.3) is 0 Å². The van der Waals surface area contributed by atoms with Gasteiger partial charge in [-0.15, -0.1) is 0 Å². The van der Waals surface area contributed by atoms with E-state index in [1.165, 1.54) is 25.9 Å². The van der Waals surface area contributed by atoms with E-state index >= 15 is 0 Å². The van der Waals surface area contributed by atoms with Gasteiger partial charge in [0, 0.05) is 12.6 Å². The van der Waals surface area contributed by atoms with Crippen molar-refractivity contribution in [2.75, 3.05) is 26.2 Å². The van der Waals surface area contributed by atoms with Crippen LogP contribution in [0.4, 0.5) is 0 Å². The molecule has 0 aromatic heterocycles. The van der Waals surface area contributed by atoms with Gasteiger partial charge in [-0.1, -0.05) is 6.92 Å². The molecule has 0 spiro atoms. The maximum atomic E-state index is 5.40. The molecular weight excluding hydrogens is 202 g/mol. The molecule has 0 aliphatic carbocycles. The predicted molar refractivity (Wildman–Crippen MR) is 68.2 cm³/mol. The van der Waals surface area contributed by atoms with E-state index in [0.717, 1.165) is 19.5 Å². The molecule has 5 nitrogen and oxygen atoms in total. The van der Waals surface area contributed by atoms with Gasteiger partial charge in [0.15, 0.2) is 0 Å². The van der Waals surface area contributed by atoms with Crippen molar-refractivity contribution in [1.29, 1.82) is 0 Å². The minimum Gasteiger partial charge on any atom is -0.355 e. The lowest BCUT2D eigenvalue weighted by Gasteiger charge is -2.22. The van der Waals surface area contributed by atoms with Gasteiger partial charge in [0.2, 0.25) is 5.96 Å². The van der Waals surface area contributed by atoms with Crippen LogP contribution in [0.3, 0.4) is 0 Å². The normalized spacial score (nSPS) is 19.8. The Hall–Kier alpha value is -0.810. The smallest absolute Gasteiger partial charge is 0.205 e. The molecule has 1 fully saturated rings. The van der Waals surface area contributed by atoms with Gasteiger partial charge in [0.1, 0.15) is 0 Å². The zero-order valence-electron chi connectivity index (χ0n) is 10.5. The Morgan fingerprint density at radius 2 is 2.12 bits per heavy atom. The number of hydrogen-bond acceptors (Lipinski definition) is 3. The maximum Gasteiger partial charge on any atom is 0.205 e. The third-order valence-corrected chi connectivity index (χ3v) is 2.96. The minimum atomic E-state index is 0.509. The van der Waals surface area contributed by atoms with Crippen LogP contribution in [0.2, 0.25) is 0 Å². The molecule has 0 amide bonds. The Labute approximate surface area is 98.4 Å². The van der Waals surface area contributed by atoms with E-state index in [0.29, 0.717) is 12.0 Å². The Morgan fingerprint density at radius 3 is 2.69 bits per heavy atom. The molecule has 1 saturated heterocycles. The van der Waals surface area contributed by atoms with E-state index in [-0.39, 0.29) is 0 Å². The van der Waals surface area contributed by atoms with Gasteiger partial charge >= 0.3 is 0 Å². The Balaban J connectivity index is 2.30. The monoisotopic (exact) mass is 227 g/mol. The fourth-order valence-corrected chi connectivity index (χ4v) is 1.92. The average Bonchev–Trinajstić information content (AvgIpc) is 2.82. The molecular formula is C11H25N5. The molecule has 1 heterocycles. The van der Waals surface area contributed by atoms with Gasteiger partial charge < -0.3 is 5.32 Å². The second-order valence-electron chi connectivity index (χ2n) is 4.35. The van der Waals surface area contributed by atoms with Crippen molar-refractivity contribution in [3.63, 3.8) is 0 Å². The molecule has 1 aliphatic rings. The Bertz CT molecular complexity index is 210. The number of likely N-dealkylation sites (tertiary alicyclic amines) is 1. The standard InChI is InChI=1S/C11H25N5/c1-3-6-13-11(15-12)14-9-10(2)16-7-4-5-8-16/h10H,3-9,12H2,1-2H3,(H2,13,14,15). The molecule has 1 atom stereocenters. The van der Waals surface area contributed by atoms with Crippen molar-refractivity contribution in [2.24, 2.45) is 10.8 Å². The number of guanidine groups is 1. The van der Waals surface area contributed by atoms with Crippen LogP contribution in [0, 0.1) is 0 Å². The van der Waals surface area contributed by atoms with Gasteiger partial charge in [-0.05, 0) is 39.3 Å². The van der Waals surface area contributed by atoms with Crippen LogP contribution in [0.1, 0.15) is 33.1 Å². The number of aliphatic imine (C=N–C) groups is 1. The summed E-state index contributed by atoms with van der Waals surface area (Å²) in [7, 11) is 0. The first-order valence-corrected chi connectivity index (χ1v) is 6.27. The van der Waals surface area contributed by atoms with Gasteiger partial charge in [-0.3, -0.25) is 15.3 Å². The molecule has 16 heavy (non-hydrogen) atoms. The molecule has 0 aromatic rings. The number of rotatable bonds is 5. The van der Waals surface area contributed by atoms with E-state index in [1.54, 1.807) is 0 Å². The first kappa shape index (κ1) is 13.3. The van der Waals surface area contributed by atoms with Crippen LogP contribution in [-0.2, 0) is 0 Å². The van der Waals surface area contributed by atoms with Crippen LogP contribution in [0.25, 0.3) is 0 Å². The lowest BCUT2D eigenvalue weighted by atomic mass is 10.3. The Kier molecular flexibility index (Phi) is 6.18. The summed E-state index contributed by atoms with van der Waals surface area (Å²) in [5, 5.41) is 3.16. The quantitative estimate of drug-likeness (QED) is 0.273. The fourth-order valence-electron chi connectivity index (χ4n) is 1.92. The number of nitrogens with one attached hydrogen (secondary N) is 2. The van der Waals surface area contributed by atoms with Gasteiger partial charge in [0.05, 0.1) is 6.54 Å². The fraction of sp³-hybridized carbons (Fsp3) is 0.909. The average molecular weight is 227 g/mol.